The molecule has 1 atom stereocenters. The minimum Gasteiger partial charge on any atom is -0.355 e. The predicted molar refractivity (Wildman–Crippen MR) is 101 cm³/mol. The van der Waals surface area contributed by atoms with E-state index in [4.69, 9.17) is 0 Å². The van der Waals surface area contributed by atoms with Crippen LogP contribution in [0.4, 0.5) is 0 Å². The minimum absolute atomic E-state index is 0.129. The van der Waals surface area contributed by atoms with Crippen molar-refractivity contribution in [2.45, 2.75) is 64.2 Å². The van der Waals surface area contributed by atoms with Crippen molar-refractivity contribution in [1.29, 1.82) is 0 Å². The molecule has 0 aromatic heterocycles. The number of nitrogens with zero attached hydrogens (tertiary/aromatic N) is 1. The summed E-state index contributed by atoms with van der Waals surface area (Å²) in [7, 11) is 1.87. The molecule has 2 N–H and O–H groups in total. The Balaban J connectivity index is 1.50. The van der Waals surface area contributed by atoms with Gasteiger partial charge in [-0.25, -0.2) is 0 Å². The zero-order chi connectivity index (χ0) is 18.8. The van der Waals surface area contributed by atoms with Crippen molar-refractivity contribution >= 4 is 17.7 Å². The van der Waals surface area contributed by atoms with E-state index in [1.54, 1.807) is 0 Å². The second kappa shape index (κ2) is 11.0. The first-order chi connectivity index (χ1) is 12.6. The standard InChI is InChI=1S/C20H33N3O3/c1-23(18(24)15-16-9-5-4-6-10-16)14-8-3-2-7-12-21-19(25)17-11-13-22-20(17)26/h15,17H,2-14H2,1H3,(H,21,25)(H,22,26). The van der Waals surface area contributed by atoms with Crippen molar-refractivity contribution in [1.82, 2.24) is 15.5 Å². The zero-order valence-corrected chi connectivity index (χ0v) is 16.0. The number of allylic oxidation sites excluding steroid dienone is 1. The van der Waals surface area contributed by atoms with Gasteiger partial charge < -0.3 is 15.5 Å². The van der Waals surface area contributed by atoms with Crippen LogP contribution in [0.15, 0.2) is 11.6 Å². The molecule has 1 heterocycles. The molecular weight excluding hydrogens is 330 g/mol. The first-order valence-electron chi connectivity index (χ1n) is 10.1. The summed E-state index contributed by atoms with van der Waals surface area (Å²) in [5, 5.41) is 5.52. The van der Waals surface area contributed by atoms with Gasteiger partial charge in [-0.3, -0.25) is 14.4 Å². The molecule has 1 unspecified atom stereocenters. The normalized spacial score (nSPS) is 19.8. The van der Waals surface area contributed by atoms with Gasteiger partial charge in [-0.1, -0.05) is 24.8 Å². The van der Waals surface area contributed by atoms with Gasteiger partial charge >= 0.3 is 0 Å². The van der Waals surface area contributed by atoms with Crippen molar-refractivity contribution in [2.75, 3.05) is 26.7 Å². The molecule has 26 heavy (non-hydrogen) atoms. The van der Waals surface area contributed by atoms with Crippen LogP contribution in [0, 0.1) is 5.92 Å². The Morgan fingerprint density at radius 3 is 2.58 bits per heavy atom. The Hall–Kier alpha value is -1.85. The van der Waals surface area contributed by atoms with Gasteiger partial charge in [0.25, 0.3) is 0 Å². The first-order valence-corrected chi connectivity index (χ1v) is 10.1. The van der Waals surface area contributed by atoms with Gasteiger partial charge in [-0.2, -0.15) is 0 Å². The second-order valence-corrected chi connectivity index (χ2v) is 7.46. The topological polar surface area (TPSA) is 78.5 Å². The fourth-order valence-corrected chi connectivity index (χ4v) is 3.55. The molecule has 3 amide bonds. The molecule has 0 radical (unpaired) electrons. The molecule has 2 aliphatic rings. The Morgan fingerprint density at radius 1 is 1.15 bits per heavy atom. The fraction of sp³-hybridized carbons (Fsp3) is 0.750. The van der Waals surface area contributed by atoms with Gasteiger partial charge in [-0.05, 0) is 44.9 Å². The molecule has 1 saturated carbocycles. The number of nitrogens with one attached hydrogen (secondary N) is 2. The van der Waals surface area contributed by atoms with E-state index in [2.05, 4.69) is 10.6 Å². The van der Waals surface area contributed by atoms with Gasteiger partial charge in [0.05, 0.1) is 0 Å². The van der Waals surface area contributed by atoms with E-state index in [0.29, 0.717) is 19.5 Å². The van der Waals surface area contributed by atoms with Crippen LogP contribution in [-0.4, -0.2) is 49.3 Å². The van der Waals surface area contributed by atoms with Gasteiger partial charge in [0.1, 0.15) is 5.92 Å². The van der Waals surface area contributed by atoms with Crippen LogP contribution >= 0.6 is 0 Å². The second-order valence-electron chi connectivity index (χ2n) is 7.46. The minimum atomic E-state index is -0.507. The number of hydrogen-bond acceptors (Lipinski definition) is 3. The number of carbonyl (C=O) groups is 3. The molecule has 1 aliphatic heterocycles. The van der Waals surface area contributed by atoms with Gasteiger partial charge in [0.15, 0.2) is 0 Å². The zero-order valence-electron chi connectivity index (χ0n) is 16.0. The van der Waals surface area contributed by atoms with Crippen molar-refractivity contribution < 1.29 is 14.4 Å². The number of hydrogen-bond donors (Lipinski definition) is 2. The monoisotopic (exact) mass is 363 g/mol. The van der Waals surface area contributed by atoms with Gasteiger partial charge in [0, 0.05) is 32.8 Å². The highest BCUT2D eigenvalue weighted by molar-refractivity contribution is 6.01. The SMILES string of the molecule is CN(CCCCCCNC(=O)C1CCNC1=O)C(=O)C=C1CCCCC1. The molecular formula is C20H33N3O3. The maximum absolute atomic E-state index is 12.2. The fourth-order valence-electron chi connectivity index (χ4n) is 3.55. The third-order valence-corrected chi connectivity index (χ3v) is 5.28. The molecule has 0 aromatic rings. The Bertz CT molecular complexity index is 522. The number of unbranched alkanes of at least 4 members (excludes halogenated alkanes) is 3. The predicted octanol–water partition coefficient (Wildman–Crippen LogP) is 2.15. The van der Waals surface area contributed by atoms with Crippen LogP contribution in [0.3, 0.4) is 0 Å². The summed E-state index contributed by atoms with van der Waals surface area (Å²) in [6, 6.07) is 0. The summed E-state index contributed by atoms with van der Waals surface area (Å²) in [5.41, 5.74) is 1.31. The van der Waals surface area contributed by atoms with Crippen molar-refractivity contribution in [3.05, 3.63) is 11.6 Å². The number of rotatable bonds is 9. The summed E-state index contributed by atoms with van der Waals surface area (Å²) in [6.07, 6.45) is 12.2. The summed E-state index contributed by atoms with van der Waals surface area (Å²) >= 11 is 0. The number of likely N-dealkylation sites (N-methyl/N-ethyl adjacent to an activating group) is 1. The highest BCUT2D eigenvalue weighted by Gasteiger charge is 2.30. The summed E-state index contributed by atoms with van der Waals surface area (Å²) in [6.45, 7) is 1.99. The van der Waals surface area contributed by atoms with E-state index < -0.39 is 5.92 Å². The molecule has 0 aromatic carbocycles. The lowest BCUT2D eigenvalue weighted by Crippen LogP contribution is -2.35. The maximum atomic E-state index is 12.2. The van der Waals surface area contributed by atoms with E-state index in [9.17, 15) is 14.4 Å². The van der Waals surface area contributed by atoms with Gasteiger partial charge in [0.2, 0.25) is 17.7 Å². The quantitative estimate of drug-likeness (QED) is 0.374. The molecule has 2 fully saturated rings. The average molecular weight is 364 g/mol. The van der Waals surface area contributed by atoms with Crippen LogP contribution in [0.5, 0.6) is 0 Å². The van der Waals surface area contributed by atoms with Crippen LogP contribution in [0.2, 0.25) is 0 Å². The van der Waals surface area contributed by atoms with Crippen molar-refractivity contribution in [3.63, 3.8) is 0 Å². The van der Waals surface area contributed by atoms with Crippen LogP contribution in [0.25, 0.3) is 0 Å². The summed E-state index contributed by atoms with van der Waals surface area (Å²) < 4.78 is 0. The van der Waals surface area contributed by atoms with E-state index in [-0.39, 0.29) is 17.7 Å². The molecule has 1 aliphatic carbocycles. The van der Waals surface area contributed by atoms with E-state index in [1.165, 1.54) is 24.8 Å². The Kier molecular flexibility index (Phi) is 8.65. The smallest absolute Gasteiger partial charge is 0.246 e. The largest absolute Gasteiger partial charge is 0.355 e. The molecule has 6 heteroatoms. The molecule has 6 nitrogen and oxygen atoms in total. The highest BCUT2D eigenvalue weighted by atomic mass is 16.2. The molecule has 2 rings (SSSR count). The highest BCUT2D eigenvalue weighted by Crippen LogP contribution is 2.22. The molecule has 0 bridgehead atoms. The first kappa shape index (κ1) is 20.5. The number of amides is 3. The lowest BCUT2D eigenvalue weighted by Gasteiger charge is -2.18. The lowest BCUT2D eigenvalue weighted by atomic mass is 9.94. The maximum Gasteiger partial charge on any atom is 0.246 e. The Labute approximate surface area is 156 Å². The van der Waals surface area contributed by atoms with Gasteiger partial charge in [-0.15, -0.1) is 0 Å². The summed E-state index contributed by atoms with van der Waals surface area (Å²) in [4.78, 5) is 37.3. The lowest BCUT2D eigenvalue weighted by molar-refractivity contribution is -0.133. The van der Waals surface area contributed by atoms with E-state index in [1.807, 2.05) is 18.0 Å². The van der Waals surface area contributed by atoms with Crippen LogP contribution < -0.4 is 10.6 Å². The average Bonchev–Trinajstić information content (AvgIpc) is 3.07. The van der Waals surface area contributed by atoms with Crippen LogP contribution in [0.1, 0.15) is 64.2 Å². The Morgan fingerprint density at radius 2 is 1.88 bits per heavy atom. The van der Waals surface area contributed by atoms with Crippen molar-refractivity contribution in [3.8, 4) is 0 Å². The number of carbonyl (C=O) groups excluding carboxylic acids is 3. The third-order valence-electron chi connectivity index (χ3n) is 5.28. The molecule has 1 saturated heterocycles. The van der Waals surface area contributed by atoms with E-state index >= 15 is 0 Å². The van der Waals surface area contributed by atoms with Crippen molar-refractivity contribution in [2.24, 2.45) is 5.92 Å². The molecule has 146 valence electrons. The van der Waals surface area contributed by atoms with Crippen LogP contribution in [-0.2, 0) is 14.4 Å². The third kappa shape index (κ3) is 6.81. The molecule has 0 spiro atoms. The van der Waals surface area contributed by atoms with E-state index in [0.717, 1.165) is 45.1 Å². The summed E-state index contributed by atoms with van der Waals surface area (Å²) in [5.74, 6) is -0.684.